The zero-order chi connectivity index (χ0) is 14.3. The minimum Gasteiger partial charge on any atom is -0.445 e. The van der Waals surface area contributed by atoms with Gasteiger partial charge >= 0.3 is 0 Å². The zero-order valence-corrected chi connectivity index (χ0v) is 13.0. The van der Waals surface area contributed by atoms with E-state index >= 15 is 0 Å². The second kappa shape index (κ2) is 5.98. The van der Waals surface area contributed by atoms with Gasteiger partial charge in [0.05, 0.1) is 5.54 Å². The van der Waals surface area contributed by atoms with Gasteiger partial charge in [-0.15, -0.1) is 12.4 Å². The predicted octanol–water partition coefficient (Wildman–Crippen LogP) is 2.73. The normalized spacial score (nSPS) is 23.6. The largest absolute Gasteiger partial charge is 0.445 e. The Balaban J connectivity index is 0.00000144. The molecule has 0 amide bonds. The van der Waals surface area contributed by atoms with E-state index in [2.05, 4.69) is 15.1 Å². The molecule has 0 spiro atoms. The van der Waals surface area contributed by atoms with Crippen LogP contribution in [0.15, 0.2) is 15.3 Å². The maximum absolute atomic E-state index is 6.35. The molecule has 0 bridgehead atoms. The fraction of sp³-hybridized carbons (Fsp3) is 0.643. The van der Waals surface area contributed by atoms with Gasteiger partial charge in [-0.25, -0.2) is 4.98 Å². The van der Waals surface area contributed by atoms with Crippen LogP contribution in [0, 0.1) is 0 Å². The quantitative estimate of drug-likeness (QED) is 0.925. The molecule has 1 unspecified atom stereocenters. The number of hydrogen-bond donors (Lipinski definition) is 1. The highest BCUT2D eigenvalue weighted by atomic mass is 35.5. The molecule has 2 aromatic rings. The zero-order valence-electron chi connectivity index (χ0n) is 12.2. The van der Waals surface area contributed by atoms with Crippen LogP contribution in [0.25, 0.3) is 11.6 Å². The van der Waals surface area contributed by atoms with E-state index in [1.807, 2.05) is 0 Å². The van der Waals surface area contributed by atoms with E-state index in [-0.39, 0.29) is 18.5 Å². The van der Waals surface area contributed by atoms with Gasteiger partial charge in [-0.05, 0) is 25.7 Å². The number of aromatic nitrogens is 3. The van der Waals surface area contributed by atoms with Crippen LogP contribution in [-0.4, -0.2) is 21.7 Å². The Morgan fingerprint density at radius 1 is 1.23 bits per heavy atom. The minimum atomic E-state index is -0.463. The smallest absolute Gasteiger partial charge is 0.280 e. The number of oxazole rings is 1. The van der Waals surface area contributed by atoms with Crippen LogP contribution in [0.1, 0.15) is 56.2 Å². The summed E-state index contributed by atoms with van der Waals surface area (Å²) in [6.07, 6.45) is 7.25. The molecular weight excluding hydrogens is 308 g/mol. The van der Waals surface area contributed by atoms with Crippen molar-refractivity contribution in [1.29, 1.82) is 0 Å². The Labute approximate surface area is 134 Å². The van der Waals surface area contributed by atoms with E-state index < -0.39 is 5.54 Å². The summed E-state index contributed by atoms with van der Waals surface area (Å²) >= 11 is 0. The van der Waals surface area contributed by atoms with Gasteiger partial charge in [0.15, 0.2) is 23.7 Å². The van der Waals surface area contributed by atoms with E-state index in [9.17, 15) is 0 Å². The topological polar surface area (TPSA) is 100 Å². The summed E-state index contributed by atoms with van der Waals surface area (Å²) in [5.41, 5.74) is 6.46. The monoisotopic (exact) mass is 326 g/mol. The Bertz CT molecular complexity index is 630. The third-order valence-electron chi connectivity index (χ3n) is 4.39. The molecule has 4 rings (SSSR count). The molecule has 7 nitrogen and oxygen atoms in total. The molecule has 1 atom stereocenters. The van der Waals surface area contributed by atoms with Crippen LogP contribution in [0.2, 0.25) is 0 Å². The Morgan fingerprint density at radius 3 is 2.77 bits per heavy atom. The SMILES string of the molecule is Cl.NC1(c2noc(-c3ncoc3C3CCCO3)n2)CCCC1. The molecule has 2 fully saturated rings. The third kappa shape index (κ3) is 2.53. The van der Waals surface area contributed by atoms with Crippen LogP contribution in [0.5, 0.6) is 0 Å². The van der Waals surface area contributed by atoms with Crippen molar-refractivity contribution in [2.24, 2.45) is 5.73 Å². The summed E-state index contributed by atoms with van der Waals surface area (Å²) in [4.78, 5) is 8.67. The summed E-state index contributed by atoms with van der Waals surface area (Å²) in [5, 5.41) is 4.06. The molecule has 1 saturated carbocycles. The molecule has 2 aliphatic rings. The van der Waals surface area contributed by atoms with Gasteiger partial charge in [0.1, 0.15) is 6.10 Å². The van der Waals surface area contributed by atoms with Crippen molar-refractivity contribution in [3.8, 4) is 11.6 Å². The second-order valence-corrected chi connectivity index (χ2v) is 5.85. The highest BCUT2D eigenvalue weighted by molar-refractivity contribution is 5.85. The molecule has 2 N–H and O–H groups in total. The van der Waals surface area contributed by atoms with Gasteiger partial charge in [-0.2, -0.15) is 4.98 Å². The lowest BCUT2D eigenvalue weighted by molar-refractivity contribution is 0.0939. The van der Waals surface area contributed by atoms with Crippen molar-refractivity contribution in [3.63, 3.8) is 0 Å². The van der Waals surface area contributed by atoms with Crippen LogP contribution in [0.3, 0.4) is 0 Å². The van der Waals surface area contributed by atoms with Crippen LogP contribution in [0.4, 0.5) is 0 Å². The number of halogens is 1. The molecule has 1 aliphatic carbocycles. The molecule has 1 aliphatic heterocycles. The van der Waals surface area contributed by atoms with Crippen LogP contribution < -0.4 is 5.73 Å². The number of nitrogens with two attached hydrogens (primary N) is 1. The van der Waals surface area contributed by atoms with Crippen molar-refractivity contribution in [2.75, 3.05) is 6.61 Å². The molecule has 22 heavy (non-hydrogen) atoms. The molecule has 3 heterocycles. The Morgan fingerprint density at radius 2 is 2.05 bits per heavy atom. The van der Waals surface area contributed by atoms with Crippen molar-refractivity contribution < 1.29 is 13.7 Å². The first-order chi connectivity index (χ1) is 10.3. The van der Waals surface area contributed by atoms with Crippen molar-refractivity contribution >= 4 is 12.4 Å². The van der Waals surface area contributed by atoms with Gasteiger partial charge < -0.3 is 19.4 Å². The predicted molar refractivity (Wildman–Crippen MR) is 79.3 cm³/mol. The average Bonchev–Trinajstić information content (AvgIpc) is 3.25. The summed E-state index contributed by atoms with van der Waals surface area (Å²) in [7, 11) is 0. The van der Waals surface area contributed by atoms with Gasteiger partial charge in [0.25, 0.3) is 5.89 Å². The van der Waals surface area contributed by atoms with Gasteiger partial charge in [-0.1, -0.05) is 18.0 Å². The molecule has 2 aromatic heterocycles. The highest BCUT2D eigenvalue weighted by Gasteiger charge is 2.37. The van der Waals surface area contributed by atoms with E-state index in [0.29, 0.717) is 23.2 Å². The van der Waals surface area contributed by atoms with Crippen molar-refractivity contribution in [3.05, 3.63) is 18.0 Å². The van der Waals surface area contributed by atoms with E-state index in [1.54, 1.807) is 0 Å². The maximum atomic E-state index is 6.35. The molecule has 8 heteroatoms. The first-order valence-corrected chi connectivity index (χ1v) is 7.45. The van der Waals surface area contributed by atoms with E-state index in [1.165, 1.54) is 6.39 Å². The van der Waals surface area contributed by atoms with Crippen molar-refractivity contribution in [1.82, 2.24) is 15.1 Å². The van der Waals surface area contributed by atoms with Crippen molar-refractivity contribution in [2.45, 2.75) is 50.2 Å². The fourth-order valence-electron chi connectivity index (χ4n) is 3.18. The summed E-state index contributed by atoms with van der Waals surface area (Å²) in [6, 6.07) is 0. The Hall–Kier alpha value is -1.44. The highest BCUT2D eigenvalue weighted by Crippen LogP contribution is 2.37. The number of ether oxygens (including phenoxy) is 1. The van der Waals surface area contributed by atoms with Gasteiger partial charge in [0, 0.05) is 6.61 Å². The standard InChI is InChI=1S/C14H18N4O3.ClH/c15-14(5-1-2-6-14)13-17-12(21-18-13)10-11(20-8-16-10)9-4-3-7-19-9;/h8-9H,1-7,15H2;1H. The molecular formula is C14H19ClN4O3. The average molecular weight is 327 g/mol. The minimum absolute atomic E-state index is 0. The van der Waals surface area contributed by atoms with Gasteiger partial charge in [0.2, 0.25) is 0 Å². The first kappa shape index (κ1) is 15.5. The van der Waals surface area contributed by atoms with Crippen LogP contribution in [-0.2, 0) is 10.3 Å². The summed E-state index contributed by atoms with van der Waals surface area (Å²) in [5.74, 6) is 1.59. The second-order valence-electron chi connectivity index (χ2n) is 5.85. The number of hydrogen-bond acceptors (Lipinski definition) is 7. The molecule has 120 valence electrons. The maximum Gasteiger partial charge on any atom is 0.280 e. The lowest BCUT2D eigenvalue weighted by Gasteiger charge is -2.17. The Kier molecular flexibility index (Phi) is 4.20. The fourth-order valence-corrected chi connectivity index (χ4v) is 3.18. The number of nitrogens with zero attached hydrogens (tertiary/aromatic N) is 3. The van der Waals surface area contributed by atoms with Gasteiger partial charge in [-0.3, -0.25) is 0 Å². The van der Waals surface area contributed by atoms with Crippen LogP contribution >= 0.6 is 12.4 Å². The van der Waals surface area contributed by atoms with E-state index in [4.69, 9.17) is 19.4 Å². The molecule has 0 radical (unpaired) electrons. The number of rotatable bonds is 3. The first-order valence-electron chi connectivity index (χ1n) is 7.45. The lowest BCUT2D eigenvalue weighted by Crippen LogP contribution is -2.34. The summed E-state index contributed by atoms with van der Waals surface area (Å²) in [6.45, 7) is 0.742. The lowest BCUT2D eigenvalue weighted by atomic mass is 9.99. The molecule has 1 saturated heterocycles. The summed E-state index contributed by atoms with van der Waals surface area (Å²) < 4.78 is 16.5. The van der Waals surface area contributed by atoms with E-state index in [0.717, 1.165) is 45.1 Å². The molecule has 0 aromatic carbocycles. The third-order valence-corrected chi connectivity index (χ3v) is 4.39.